The number of nitrogens with one attached hydrogen (secondary N) is 3. The van der Waals surface area contributed by atoms with E-state index in [1.54, 1.807) is 0 Å². The second-order valence-electron chi connectivity index (χ2n) is 10.0. The Morgan fingerprint density at radius 1 is 1.32 bits per heavy atom. The van der Waals surface area contributed by atoms with Crippen molar-refractivity contribution in [2.45, 2.75) is 61.8 Å². The summed E-state index contributed by atoms with van der Waals surface area (Å²) in [5, 5.41) is 12.9. The van der Waals surface area contributed by atoms with Gasteiger partial charge in [-0.25, -0.2) is 22.9 Å². The molecule has 0 bridgehead atoms. The lowest BCUT2D eigenvalue weighted by molar-refractivity contribution is -0.0500. The van der Waals surface area contributed by atoms with Crippen molar-refractivity contribution in [3.8, 4) is 5.75 Å². The van der Waals surface area contributed by atoms with E-state index in [2.05, 4.69) is 35.1 Å². The van der Waals surface area contributed by atoms with Crippen LogP contribution in [0.1, 0.15) is 38.6 Å². The lowest BCUT2D eigenvalue weighted by Crippen LogP contribution is -2.73. The van der Waals surface area contributed by atoms with E-state index in [1.807, 2.05) is 0 Å². The highest BCUT2D eigenvalue weighted by Crippen LogP contribution is 2.50. The van der Waals surface area contributed by atoms with Crippen molar-refractivity contribution in [2.24, 2.45) is 4.99 Å². The number of ether oxygens (including phenoxy) is 1. The number of halogens is 6. The molecule has 0 radical (unpaired) electrons. The molecule has 4 rings (SSSR count). The molecule has 0 saturated carbocycles. The second kappa shape index (κ2) is 10.4. The molecule has 4 N–H and O–H groups in total. The van der Waals surface area contributed by atoms with Crippen molar-refractivity contribution in [2.75, 3.05) is 11.9 Å². The molecule has 2 atom stereocenters. The third-order valence-electron chi connectivity index (χ3n) is 7.01. The van der Waals surface area contributed by atoms with E-state index in [0.29, 0.717) is 0 Å². The van der Waals surface area contributed by atoms with Gasteiger partial charge in [0.25, 0.3) is 5.92 Å². The number of rotatable bonds is 6. The maximum Gasteiger partial charge on any atom is 0.410 e. The molecule has 2 aliphatic heterocycles. The zero-order chi connectivity index (χ0) is 29.7. The maximum atomic E-state index is 15.3. The summed E-state index contributed by atoms with van der Waals surface area (Å²) in [5.41, 5.74) is -2.22. The van der Waals surface area contributed by atoms with Gasteiger partial charge in [0.05, 0.1) is 40.0 Å². The topological polar surface area (TPSA) is 138 Å². The number of fused-ring (bicyclic) bond motifs is 1. The standard InChI is InChI=1S/C23H26ClF5N6O4S/c1-21(2)18(34-20(36)37)35-22(3,15-7-23(28,29)10-32-40(15,21)38)17-13(25)4-5-16(33-17)31-9-14-12(24)6-11(8-30-14)39-19(26)27/h4-6,8,15,19,40H,7,9-10H2,1-3H3,(H,31,33)(H,32,38)(H,34,35)(H,36,37)/t15-,22+/m1/s1. The number of hydrogen-bond acceptors (Lipinski definition) is 7. The van der Waals surface area contributed by atoms with E-state index in [9.17, 15) is 31.7 Å². The van der Waals surface area contributed by atoms with Crippen molar-refractivity contribution in [3.63, 3.8) is 0 Å². The number of pyridine rings is 2. The number of thiol groups is 1. The Balaban J connectivity index is 1.74. The van der Waals surface area contributed by atoms with Crippen LogP contribution in [0, 0.1) is 5.82 Å². The smallest absolute Gasteiger partial charge is 0.410 e. The van der Waals surface area contributed by atoms with Gasteiger partial charge >= 0.3 is 12.7 Å². The zero-order valence-electron chi connectivity index (χ0n) is 21.3. The summed E-state index contributed by atoms with van der Waals surface area (Å²) in [6.07, 6.45) is -1.41. The summed E-state index contributed by atoms with van der Waals surface area (Å²) in [5.74, 6) is -4.78. The van der Waals surface area contributed by atoms with Crippen LogP contribution >= 0.6 is 11.6 Å². The molecule has 0 unspecified atom stereocenters. The van der Waals surface area contributed by atoms with E-state index < -0.39 is 68.8 Å². The molecule has 0 spiro atoms. The van der Waals surface area contributed by atoms with Crippen molar-refractivity contribution in [3.05, 3.63) is 46.6 Å². The molecule has 40 heavy (non-hydrogen) atoms. The fourth-order valence-corrected chi connectivity index (χ4v) is 8.79. The molecule has 220 valence electrons. The van der Waals surface area contributed by atoms with Gasteiger partial charge in [-0.2, -0.15) is 8.78 Å². The fraction of sp³-hybridized carbons (Fsp3) is 0.478. The Kier molecular flexibility index (Phi) is 7.75. The van der Waals surface area contributed by atoms with E-state index in [-0.39, 0.29) is 34.7 Å². The van der Waals surface area contributed by atoms with Gasteiger partial charge in [0, 0.05) is 12.5 Å². The predicted molar refractivity (Wildman–Crippen MR) is 138 cm³/mol. The molecule has 2 aromatic rings. The number of hydrogen-bond donors (Lipinski definition) is 5. The summed E-state index contributed by atoms with van der Waals surface area (Å²) in [4.78, 5) is 24.1. The number of amides is 1. The minimum atomic E-state index is -3.93. The molecule has 17 heteroatoms. The lowest BCUT2D eigenvalue weighted by Gasteiger charge is -2.57. The average molecular weight is 613 g/mol. The zero-order valence-corrected chi connectivity index (χ0v) is 23.0. The first-order valence-corrected chi connectivity index (χ1v) is 14.0. The Morgan fingerprint density at radius 2 is 2.02 bits per heavy atom. The minimum Gasteiger partial charge on any atom is -0.465 e. The highest BCUT2D eigenvalue weighted by atomic mass is 35.5. The molecule has 4 heterocycles. The number of alkyl halides is 4. The van der Waals surface area contributed by atoms with Crippen molar-refractivity contribution >= 4 is 39.5 Å². The number of aromatic nitrogens is 2. The lowest BCUT2D eigenvalue weighted by atomic mass is 9.88. The van der Waals surface area contributed by atoms with Crippen LogP contribution in [0.3, 0.4) is 0 Å². The van der Waals surface area contributed by atoms with Gasteiger partial charge in [-0.15, -0.1) is 0 Å². The first kappa shape index (κ1) is 29.9. The van der Waals surface area contributed by atoms with Gasteiger partial charge in [-0.3, -0.25) is 24.2 Å². The summed E-state index contributed by atoms with van der Waals surface area (Å²) < 4.78 is 89.0. The third-order valence-corrected chi connectivity index (χ3v) is 11.4. The first-order chi connectivity index (χ1) is 18.5. The van der Waals surface area contributed by atoms with E-state index in [4.69, 9.17) is 11.6 Å². The van der Waals surface area contributed by atoms with Crippen LogP contribution < -0.4 is 20.1 Å². The highest BCUT2D eigenvalue weighted by Gasteiger charge is 2.62. The maximum absolute atomic E-state index is 15.3. The molecule has 0 aliphatic carbocycles. The summed E-state index contributed by atoms with van der Waals surface area (Å²) in [6.45, 7) is 0.0310. The number of carboxylic acid groups (broad SMARTS) is 1. The minimum absolute atomic E-state index is 0.0140. The van der Waals surface area contributed by atoms with Crippen molar-refractivity contribution < 1.29 is 40.8 Å². The molecule has 1 fully saturated rings. The van der Waals surface area contributed by atoms with Gasteiger partial charge in [-0.1, -0.05) is 11.6 Å². The van der Waals surface area contributed by atoms with E-state index in [0.717, 1.165) is 18.3 Å². The van der Waals surface area contributed by atoms with Crippen LogP contribution in [0.2, 0.25) is 5.02 Å². The van der Waals surface area contributed by atoms with Crippen LogP contribution in [-0.2, 0) is 22.2 Å². The SMILES string of the molecule is CC1(C)C(NC(=O)O)=N[C@](C)(c2nc(NCc3ncc(OC(F)F)cc3Cl)ccc2F)[C@H]2CC(F)(F)CN[SH]21=O. The Hall–Kier alpha value is -3.11. The average Bonchev–Trinajstić information content (AvgIpc) is 2.84. The molecule has 2 aliphatic rings. The third kappa shape index (κ3) is 5.43. The van der Waals surface area contributed by atoms with E-state index >= 15 is 4.39 Å². The second-order valence-corrected chi connectivity index (χ2v) is 13.8. The summed E-state index contributed by atoms with van der Waals surface area (Å²) >= 11 is 6.09. The largest absolute Gasteiger partial charge is 0.465 e. The number of anilines is 1. The van der Waals surface area contributed by atoms with Crippen LogP contribution in [0.25, 0.3) is 0 Å². The fourth-order valence-electron chi connectivity index (χ4n) is 4.88. The monoisotopic (exact) mass is 612 g/mol. The van der Waals surface area contributed by atoms with Crippen molar-refractivity contribution in [1.82, 2.24) is 20.0 Å². The van der Waals surface area contributed by atoms with Gasteiger partial charge < -0.3 is 15.2 Å². The van der Waals surface area contributed by atoms with Crippen LogP contribution in [0.4, 0.5) is 32.6 Å². The van der Waals surface area contributed by atoms with Crippen LogP contribution in [0.15, 0.2) is 29.4 Å². The van der Waals surface area contributed by atoms with Gasteiger partial charge in [0.2, 0.25) is 0 Å². The van der Waals surface area contributed by atoms with E-state index in [1.165, 1.54) is 26.8 Å². The molecule has 0 aromatic carbocycles. The highest BCUT2D eigenvalue weighted by molar-refractivity contribution is 8.04. The number of carbonyl (C=O) groups is 1. The Bertz CT molecular complexity index is 1410. The number of nitrogens with zero attached hydrogens (tertiary/aromatic N) is 3. The normalized spacial score (nSPS) is 25.4. The van der Waals surface area contributed by atoms with Crippen molar-refractivity contribution in [1.29, 1.82) is 0 Å². The molecule has 10 nitrogen and oxygen atoms in total. The van der Waals surface area contributed by atoms with Gasteiger partial charge in [0.1, 0.15) is 34.5 Å². The molecule has 1 saturated heterocycles. The number of aliphatic imine (C=N–C) groups is 1. The predicted octanol–water partition coefficient (Wildman–Crippen LogP) is 4.09. The van der Waals surface area contributed by atoms with Gasteiger partial charge in [0.15, 0.2) is 0 Å². The molecular weight excluding hydrogens is 587 g/mol. The van der Waals surface area contributed by atoms with Gasteiger partial charge in [-0.05, 0) is 43.0 Å². The molecule has 1 amide bonds. The Labute approximate surface area is 231 Å². The van der Waals surface area contributed by atoms with Crippen LogP contribution in [-0.4, -0.2) is 60.3 Å². The van der Waals surface area contributed by atoms with Crippen LogP contribution in [0.5, 0.6) is 5.75 Å². The number of amidine groups is 1. The summed E-state index contributed by atoms with van der Waals surface area (Å²) in [7, 11) is -3.93. The quantitative estimate of drug-likeness (QED) is 0.245. The Morgan fingerprint density at radius 3 is 2.65 bits per heavy atom. The summed E-state index contributed by atoms with van der Waals surface area (Å²) in [6, 6.07) is 3.37. The molecular formula is C23H26ClF5N6O4S. The molecule has 2 aromatic heterocycles. The first-order valence-electron chi connectivity index (χ1n) is 11.8.